The van der Waals surface area contributed by atoms with Gasteiger partial charge in [0.1, 0.15) is 5.65 Å². The normalized spacial score (nSPS) is 12.2. The number of hydrogen-bond donors (Lipinski definition) is 3. The fraction of sp³-hybridized carbons (Fsp3) is 0. The molecular weight excluding hydrogens is 262 g/mol. The van der Waals surface area contributed by atoms with Gasteiger partial charge in [-0.3, -0.25) is 0 Å². The van der Waals surface area contributed by atoms with Gasteiger partial charge in [-0.1, -0.05) is 6.07 Å². The zero-order chi connectivity index (χ0) is 12.5. The van der Waals surface area contributed by atoms with Crippen molar-refractivity contribution < 1.29 is 0 Å². The van der Waals surface area contributed by atoms with Gasteiger partial charge in [0.25, 0.3) is 0 Å². The van der Waals surface area contributed by atoms with Crippen molar-refractivity contribution in [1.29, 1.82) is 0 Å². The number of nitrogens with one attached hydrogen (secondary N) is 1. The Morgan fingerprint density at radius 2 is 2.39 bits per heavy atom. The second-order valence-electron chi connectivity index (χ2n) is 3.85. The van der Waals surface area contributed by atoms with E-state index in [1.54, 1.807) is 11.3 Å². The van der Waals surface area contributed by atoms with Gasteiger partial charge in [-0.05, 0) is 17.5 Å². The van der Waals surface area contributed by atoms with Crippen LogP contribution in [0, 0.1) is 0 Å². The van der Waals surface area contributed by atoms with Gasteiger partial charge >= 0.3 is 0 Å². The van der Waals surface area contributed by atoms with Gasteiger partial charge < -0.3 is 10.7 Å². The van der Waals surface area contributed by atoms with E-state index in [4.69, 9.17) is 5.73 Å². The number of nitrogens with zero attached hydrogens (tertiary/aromatic N) is 1. The van der Waals surface area contributed by atoms with Crippen LogP contribution < -0.4 is 5.73 Å². The quantitative estimate of drug-likeness (QED) is 0.626. The average Bonchev–Trinajstić information content (AvgIpc) is 3.06. The van der Waals surface area contributed by atoms with Gasteiger partial charge in [0.2, 0.25) is 0 Å². The lowest BCUT2D eigenvalue weighted by Crippen LogP contribution is -1.83. The minimum Gasteiger partial charge on any atom is -0.404 e. The largest absolute Gasteiger partial charge is 0.404 e. The zero-order valence-electron chi connectivity index (χ0n) is 9.42. The molecule has 0 spiro atoms. The summed E-state index contributed by atoms with van der Waals surface area (Å²) in [5.74, 6) is 0. The van der Waals surface area contributed by atoms with Gasteiger partial charge in [-0.2, -0.15) is 0 Å². The Morgan fingerprint density at radius 3 is 3.11 bits per heavy atom. The van der Waals surface area contributed by atoms with E-state index in [0.29, 0.717) is 0 Å². The van der Waals surface area contributed by atoms with E-state index in [-0.39, 0.29) is 0 Å². The summed E-state index contributed by atoms with van der Waals surface area (Å²) in [5.41, 5.74) is 8.44. The molecule has 0 aromatic carbocycles. The maximum absolute atomic E-state index is 5.52. The third kappa shape index (κ3) is 1.81. The van der Waals surface area contributed by atoms with Gasteiger partial charge in [-0.15, -0.1) is 24.0 Å². The molecule has 0 bridgehead atoms. The average molecular weight is 273 g/mol. The van der Waals surface area contributed by atoms with Crippen molar-refractivity contribution in [2.45, 2.75) is 0 Å². The molecule has 3 aromatic heterocycles. The lowest BCUT2D eigenvalue weighted by atomic mass is 10.1. The number of nitrogens with two attached hydrogens (primary N) is 1. The first-order valence-electron chi connectivity index (χ1n) is 5.42. The molecule has 0 atom stereocenters. The molecule has 3 N–H and O–H groups in total. The molecule has 3 nitrogen and oxygen atoms in total. The topological polar surface area (TPSA) is 54.7 Å². The molecule has 3 rings (SSSR count). The Hall–Kier alpha value is -1.72. The van der Waals surface area contributed by atoms with Gasteiger partial charge in [0.15, 0.2) is 0 Å². The molecule has 0 radical (unpaired) electrons. The van der Waals surface area contributed by atoms with Crippen LogP contribution in [0.1, 0.15) is 5.56 Å². The smallest absolute Gasteiger partial charge is 0.137 e. The maximum Gasteiger partial charge on any atom is 0.137 e. The number of aromatic nitrogens is 2. The molecule has 0 unspecified atom stereocenters. The highest BCUT2D eigenvalue weighted by Gasteiger charge is 2.09. The van der Waals surface area contributed by atoms with E-state index >= 15 is 0 Å². The summed E-state index contributed by atoms with van der Waals surface area (Å²) < 4.78 is 0. The second-order valence-corrected chi connectivity index (χ2v) is 5.28. The summed E-state index contributed by atoms with van der Waals surface area (Å²) in [6.45, 7) is 0. The Balaban J connectivity index is 2.22. The van der Waals surface area contributed by atoms with E-state index in [1.807, 2.05) is 18.5 Å². The van der Waals surface area contributed by atoms with Crippen LogP contribution in [-0.2, 0) is 0 Å². The van der Waals surface area contributed by atoms with Crippen LogP contribution in [0.4, 0.5) is 0 Å². The van der Waals surface area contributed by atoms with Crippen molar-refractivity contribution in [2.75, 3.05) is 0 Å². The van der Waals surface area contributed by atoms with E-state index in [0.717, 1.165) is 27.1 Å². The molecule has 0 aliphatic carbocycles. The van der Waals surface area contributed by atoms with Crippen LogP contribution in [-0.4, -0.2) is 9.97 Å². The Morgan fingerprint density at radius 1 is 1.50 bits per heavy atom. The third-order valence-corrected chi connectivity index (χ3v) is 4.08. The first-order chi connectivity index (χ1) is 8.79. The van der Waals surface area contributed by atoms with Crippen molar-refractivity contribution in [3.63, 3.8) is 0 Å². The van der Waals surface area contributed by atoms with Crippen molar-refractivity contribution in [3.05, 3.63) is 47.7 Å². The molecule has 0 aliphatic rings. The molecule has 90 valence electrons. The van der Waals surface area contributed by atoms with Crippen LogP contribution >= 0.6 is 24.0 Å². The molecule has 0 aliphatic heterocycles. The number of rotatable bonds is 2. The summed E-state index contributed by atoms with van der Waals surface area (Å²) in [4.78, 5) is 9.49. The number of thiophene rings is 1. The maximum atomic E-state index is 5.52. The predicted molar refractivity (Wildman–Crippen MR) is 80.6 cm³/mol. The van der Waals surface area contributed by atoms with Gasteiger partial charge in [-0.25, -0.2) is 4.98 Å². The Bertz CT molecular complexity index is 711. The molecule has 3 aromatic rings. The number of pyridine rings is 1. The van der Waals surface area contributed by atoms with Gasteiger partial charge in [0.05, 0.1) is 0 Å². The van der Waals surface area contributed by atoms with E-state index in [2.05, 4.69) is 40.1 Å². The zero-order valence-corrected chi connectivity index (χ0v) is 11.1. The lowest BCUT2D eigenvalue weighted by molar-refractivity contribution is 1.33. The van der Waals surface area contributed by atoms with Gasteiger partial charge in [0, 0.05) is 44.9 Å². The van der Waals surface area contributed by atoms with E-state index in [9.17, 15) is 0 Å². The first-order valence-corrected chi connectivity index (χ1v) is 6.74. The highest BCUT2D eigenvalue weighted by molar-refractivity contribution is 7.90. The summed E-state index contributed by atoms with van der Waals surface area (Å²) in [7, 11) is 0. The van der Waals surface area contributed by atoms with Crippen LogP contribution in [0.15, 0.2) is 42.2 Å². The number of thiol groups is 1. The second kappa shape index (κ2) is 4.51. The molecule has 5 heteroatoms. The Labute approximate surface area is 114 Å². The molecule has 0 fully saturated rings. The van der Waals surface area contributed by atoms with Crippen LogP contribution in [0.3, 0.4) is 0 Å². The number of aromatic amines is 1. The number of hydrogen-bond acceptors (Lipinski definition) is 4. The van der Waals surface area contributed by atoms with E-state index < -0.39 is 0 Å². The fourth-order valence-electron chi connectivity index (χ4n) is 1.88. The van der Waals surface area contributed by atoms with Crippen molar-refractivity contribution in [1.82, 2.24) is 9.97 Å². The first kappa shape index (κ1) is 11.4. The minimum absolute atomic E-state index is 0.742. The molecular formula is C13H11N3S2. The van der Waals surface area contributed by atoms with Crippen LogP contribution in [0.5, 0.6) is 0 Å². The summed E-state index contributed by atoms with van der Waals surface area (Å²) >= 11 is 6.06. The summed E-state index contributed by atoms with van der Waals surface area (Å²) in [6.07, 6.45) is 5.24. The molecule has 3 heterocycles. The highest BCUT2D eigenvalue weighted by Crippen LogP contribution is 2.31. The van der Waals surface area contributed by atoms with E-state index in [1.165, 1.54) is 11.1 Å². The summed E-state index contributed by atoms with van der Waals surface area (Å²) in [5, 5.41) is 3.09. The molecule has 18 heavy (non-hydrogen) atoms. The van der Waals surface area contributed by atoms with Crippen molar-refractivity contribution in [2.24, 2.45) is 5.73 Å². The standard InChI is InChI=1S/C13H11N3S2/c14-5-11(17)10-7-16-13-9(10)4-8(6-15-13)12-2-1-3-18-12/h1-7,17H,14H2,(H,15,16)/b11-5-. The van der Waals surface area contributed by atoms with Crippen molar-refractivity contribution >= 4 is 39.9 Å². The monoisotopic (exact) mass is 273 g/mol. The number of fused-ring (bicyclic) bond motifs is 1. The SMILES string of the molecule is N/C=C(\S)c1c[nH]c2ncc(-c3cccs3)cc12. The van der Waals surface area contributed by atoms with Crippen LogP contribution in [0.2, 0.25) is 0 Å². The van der Waals surface area contributed by atoms with Crippen molar-refractivity contribution in [3.8, 4) is 10.4 Å². The third-order valence-electron chi connectivity index (χ3n) is 2.77. The molecule has 0 saturated heterocycles. The summed E-state index contributed by atoms with van der Waals surface area (Å²) in [6, 6.07) is 6.23. The number of H-pyrrole nitrogens is 1. The minimum atomic E-state index is 0.742. The predicted octanol–water partition coefficient (Wildman–Crippen LogP) is 3.48. The molecule has 0 amide bonds. The lowest BCUT2D eigenvalue weighted by Gasteiger charge is -2.00. The fourth-order valence-corrected chi connectivity index (χ4v) is 2.78. The Kier molecular flexibility index (Phi) is 2.85. The highest BCUT2D eigenvalue weighted by atomic mass is 32.1. The molecule has 0 saturated carbocycles. The van der Waals surface area contributed by atoms with Crippen LogP contribution in [0.25, 0.3) is 26.4 Å².